The van der Waals surface area contributed by atoms with Crippen LogP contribution in [0, 0.1) is 0 Å². The summed E-state index contributed by atoms with van der Waals surface area (Å²) in [4.78, 5) is 12.3. The van der Waals surface area contributed by atoms with Gasteiger partial charge in [0.05, 0.1) is 11.8 Å². The van der Waals surface area contributed by atoms with Crippen molar-refractivity contribution in [2.45, 2.75) is 26.9 Å². The molecular weight excluding hydrogens is 310 g/mol. The van der Waals surface area contributed by atoms with Gasteiger partial charge in [0.2, 0.25) is 0 Å². The van der Waals surface area contributed by atoms with Crippen LogP contribution in [0.2, 0.25) is 0 Å². The average Bonchev–Trinajstić information content (AvgIpc) is 2.88. The van der Waals surface area contributed by atoms with Gasteiger partial charge in [-0.15, -0.1) is 0 Å². The first-order valence-electron chi connectivity index (χ1n) is 8.51. The lowest BCUT2D eigenvalue weighted by molar-refractivity contribution is -0.142. The van der Waals surface area contributed by atoms with E-state index >= 15 is 0 Å². The van der Waals surface area contributed by atoms with Crippen molar-refractivity contribution in [2.75, 3.05) is 0 Å². The zero-order chi connectivity index (χ0) is 18.0. The van der Waals surface area contributed by atoms with Gasteiger partial charge >= 0.3 is 5.97 Å². The third-order valence-corrected chi connectivity index (χ3v) is 4.22. The molecule has 0 bridgehead atoms. The second-order valence-electron chi connectivity index (χ2n) is 6.49. The first kappa shape index (κ1) is 17.0. The number of ether oxygens (including phenoxy) is 1. The van der Waals surface area contributed by atoms with Gasteiger partial charge in [0.1, 0.15) is 0 Å². The average molecular weight is 333 g/mol. The summed E-state index contributed by atoms with van der Waals surface area (Å²) in [5, 5.41) is 1.13. The normalized spacial score (nSPS) is 12.0. The molecule has 0 spiro atoms. The summed E-state index contributed by atoms with van der Waals surface area (Å²) in [6, 6.07) is 18.5. The number of aromatic nitrogens is 1. The maximum atomic E-state index is 12.3. The summed E-state index contributed by atoms with van der Waals surface area (Å²) < 4.78 is 7.51. The molecule has 0 aliphatic heterocycles. The maximum absolute atomic E-state index is 12.3. The highest BCUT2D eigenvalue weighted by molar-refractivity contribution is 6.02. The number of esters is 1. The molecule has 3 aromatic rings. The van der Waals surface area contributed by atoms with Crippen molar-refractivity contribution < 1.29 is 9.53 Å². The molecule has 0 saturated heterocycles. The lowest BCUT2D eigenvalue weighted by Crippen LogP contribution is -2.12. The standard InChI is InChI=1S/C22H23NO2/c1-15(2)25-22(24)16(3)14-19-18-12-8-9-13-20(18)23(4)21(19)17-10-6-5-7-11-17/h5-15H,1-4H3. The van der Waals surface area contributed by atoms with Gasteiger partial charge in [-0.2, -0.15) is 0 Å². The molecule has 0 saturated carbocycles. The number of hydrogen-bond acceptors (Lipinski definition) is 2. The fraction of sp³-hybridized carbons (Fsp3) is 0.227. The van der Waals surface area contributed by atoms with Crippen LogP contribution in [-0.2, 0) is 16.6 Å². The van der Waals surface area contributed by atoms with Crippen LogP contribution in [0.15, 0.2) is 60.2 Å². The van der Waals surface area contributed by atoms with E-state index in [9.17, 15) is 4.79 Å². The molecule has 0 aliphatic rings. The molecule has 2 aromatic carbocycles. The highest BCUT2D eigenvalue weighted by atomic mass is 16.5. The van der Waals surface area contributed by atoms with E-state index in [0.29, 0.717) is 5.57 Å². The summed E-state index contributed by atoms with van der Waals surface area (Å²) in [7, 11) is 2.06. The fourth-order valence-electron chi connectivity index (χ4n) is 3.10. The van der Waals surface area contributed by atoms with Gasteiger partial charge < -0.3 is 9.30 Å². The number of rotatable bonds is 4. The van der Waals surface area contributed by atoms with Crippen LogP contribution < -0.4 is 0 Å². The number of nitrogens with zero attached hydrogens (tertiary/aromatic N) is 1. The summed E-state index contributed by atoms with van der Waals surface area (Å²) in [6.07, 6.45) is 1.81. The third-order valence-electron chi connectivity index (χ3n) is 4.22. The Morgan fingerprint density at radius 1 is 1.04 bits per heavy atom. The highest BCUT2D eigenvalue weighted by Gasteiger charge is 2.17. The number of fused-ring (bicyclic) bond motifs is 1. The molecule has 3 nitrogen and oxygen atoms in total. The minimum atomic E-state index is -0.276. The van der Waals surface area contributed by atoms with E-state index < -0.39 is 0 Å². The Hall–Kier alpha value is -2.81. The zero-order valence-corrected chi connectivity index (χ0v) is 15.1. The second-order valence-corrected chi connectivity index (χ2v) is 6.49. The van der Waals surface area contributed by atoms with E-state index in [1.165, 1.54) is 0 Å². The summed E-state index contributed by atoms with van der Waals surface area (Å²) in [6.45, 7) is 5.53. The van der Waals surface area contributed by atoms with E-state index in [0.717, 1.165) is 27.7 Å². The molecule has 0 atom stereocenters. The van der Waals surface area contributed by atoms with Crippen molar-refractivity contribution in [3.05, 3.63) is 65.7 Å². The Bertz CT molecular complexity index is 933. The highest BCUT2D eigenvalue weighted by Crippen LogP contribution is 2.34. The van der Waals surface area contributed by atoms with E-state index in [2.05, 4.69) is 35.9 Å². The molecule has 25 heavy (non-hydrogen) atoms. The van der Waals surface area contributed by atoms with Gasteiger partial charge in [-0.3, -0.25) is 0 Å². The first-order chi connectivity index (χ1) is 12.0. The molecule has 1 heterocycles. The topological polar surface area (TPSA) is 31.2 Å². The molecule has 1 aromatic heterocycles. The minimum absolute atomic E-state index is 0.128. The molecule has 0 fully saturated rings. The minimum Gasteiger partial charge on any atom is -0.460 e. The fourth-order valence-corrected chi connectivity index (χ4v) is 3.10. The molecule has 3 heteroatoms. The van der Waals surface area contributed by atoms with Gasteiger partial charge in [0.25, 0.3) is 0 Å². The number of carbonyl (C=O) groups excluding carboxylic acids is 1. The molecule has 0 unspecified atom stereocenters. The van der Waals surface area contributed by atoms with Crippen molar-refractivity contribution >= 4 is 22.9 Å². The van der Waals surface area contributed by atoms with Gasteiger partial charge in [-0.25, -0.2) is 4.79 Å². The summed E-state index contributed by atoms with van der Waals surface area (Å²) in [5.74, 6) is -0.276. The van der Waals surface area contributed by atoms with Crippen molar-refractivity contribution in [1.29, 1.82) is 0 Å². The second kappa shape index (κ2) is 6.98. The molecule has 0 aliphatic carbocycles. The van der Waals surface area contributed by atoms with Crippen LogP contribution in [0.4, 0.5) is 0 Å². The largest absolute Gasteiger partial charge is 0.460 e. The predicted octanol–water partition coefficient (Wildman–Crippen LogP) is 5.20. The Morgan fingerprint density at radius 2 is 1.68 bits per heavy atom. The van der Waals surface area contributed by atoms with Crippen LogP contribution in [0.3, 0.4) is 0 Å². The van der Waals surface area contributed by atoms with Gasteiger partial charge in [0, 0.05) is 29.1 Å². The van der Waals surface area contributed by atoms with Gasteiger partial charge in [0.15, 0.2) is 0 Å². The summed E-state index contributed by atoms with van der Waals surface area (Å²) >= 11 is 0. The Kier molecular flexibility index (Phi) is 4.75. The van der Waals surface area contributed by atoms with Crippen LogP contribution in [0.1, 0.15) is 26.3 Å². The van der Waals surface area contributed by atoms with E-state index in [-0.39, 0.29) is 12.1 Å². The van der Waals surface area contributed by atoms with E-state index in [1.54, 1.807) is 6.92 Å². The molecule has 0 amide bonds. The first-order valence-corrected chi connectivity index (χ1v) is 8.51. The Labute approximate surface area is 148 Å². The third kappa shape index (κ3) is 3.36. The lowest BCUT2D eigenvalue weighted by atomic mass is 10.0. The quantitative estimate of drug-likeness (QED) is 0.485. The smallest absolute Gasteiger partial charge is 0.333 e. The summed E-state index contributed by atoms with van der Waals surface area (Å²) in [5.41, 5.74) is 5.00. The maximum Gasteiger partial charge on any atom is 0.333 e. The number of carbonyl (C=O) groups is 1. The van der Waals surface area contributed by atoms with Crippen LogP contribution in [-0.4, -0.2) is 16.6 Å². The molecular formula is C22H23NO2. The van der Waals surface area contributed by atoms with E-state index in [1.807, 2.05) is 50.3 Å². The van der Waals surface area contributed by atoms with Gasteiger partial charge in [-0.1, -0.05) is 48.5 Å². The molecule has 0 N–H and O–H groups in total. The Balaban J connectivity index is 2.21. The predicted molar refractivity (Wildman–Crippen MR) is 103 cm³/mol. The molecule has 3 rings (SSSR count). The number of hydrogen-bond donors (Lipinski definition) is 0. The SMILES string of the molecule is CC(=Cc1c(-c2ccccc2)n(C)c2ccccc12)C(=O)OC(C)C. The zero-order valence-electron chi connectivity index (χ0n) is 15.1. The molecule has 0 radical (unpaired) electrons. The van der Waals surface area contributed by atoms with Crippen molar-refractivity contribution in [3.63, 3.8) is 0 Å². The number of aryl methyl sites for hydroxylation is 1. The number of para-hydroxylation sites is 1. The monoisotopic (exact) mass is 333 g/mol. The van der Waals surface area contributed by atoms with Crippen molar-refractivity contribution in [1.82, 2.24) is 4.57 Å². The van der Waals surface area contributed by atoms with Crippen LogP contribution in [0.25, 0.3) is 28.2 Å². The Morgan fingerprint density at radius 3 is 2.36 bits per heavy atom. The van der Waals surface area contributed by atoms with Crippen LogP contribution in [0.5, 0.6) is 0 Å². The molecule has 128 valence electrons. The van der Waals surface area contributed by atoms with E-state index in [4.69, 9.17) is 4.74 Å². The van der Waals surface area contributed by atoms with Gasteiger partial charge in [-0.05, 0) is 38.5 Å². The lowest BCUT2D eigenvalue weighted by Gasteiger charge is -2.09. The van der Waals surface area contributed by atoms with Crippen molar-refractivity contribution in [2.24, 2.45) is 7.05 Å². The van der Waals surface area contributed by atoms with Crippen molar-refractivity contribution in [3.8, 4) is 11.3 Å². The van der Waals surface area contributed by atoms with Crippen LogP contribution >= 0.6 is 0 Å². The number of benzene rings is 2.